The van der Waals surface area contributed by atoms with Crippen LogP contribution in [0.2, 0.25) is 10.0 Å². The fraction of sp³-hybridized carbons (Fsp3) is 0.0500. The van der Waals surface area contributed by atoms with Crippen molar-refractivity contribution in [2.75, 3.05) is 0 Å². The number of hydrogen-bond acceptors (Lipinski definition) is 2. The van der Waals surface area contributed by atoms with E-state index in [1.807, 2.05) is 60.7 Å². The van der Waals surface area contributed by atoms with E-state index < -0.39 is 0 Å². The van der Waals surface area contributed by atoms with Crippen LogP contribution in [0.5, 0.6) is 5.75 Å². The average molecular weight is 356 g/mol. The molecular weight excluding hydrogens is 341 g/mol. The summed E-state index contributed by atoms with van der Waals surface area (Å²) in [5.74, 6) is 0.753. The summed E-state index contributed by atoms with van der Waals surface area (Å²) < 4.78 is 5.91. The van der Waals surface area contributed by atoms with Crippen LogP contribution in [0.3, 0.4) is 0 Å². The molecule has 3 rings (SSSR count). The molecule has 0 bridgehead atoms. The number of para-hydroxylation sites is 2. The first-order valence-electron chi connectivity index (χ1n) is 7.47. The van der Waals surface area contributed by atoms with Crippen molar-refractivity contribution in [3.8, 4) is 5.75 Å². The zero-order valence-corrected chi connectivity index (χ0v) is 14.3. The molecule has 3 aromatic rings. The van der Waals surface area contributed by atoms with Crippen LogP contribution in [0, 0.1) is 0 Å². The fourth-order valence-electron chi connectivity index (χ4n) is 2.17. The lowest BCUT2D eigenvalue weighted by Crippen LogP contribution is -1.99. The van der Waals surface area contributed by atoms with Crippen molar-refractivity contribution >= 4 is 35.1 Å². The van der Waals surface area contributed by atoms with Crippen LogP contribution in [0.25, 0.3) is 0 Å². The van der Waals surface area contributed by atoms with Gasteiger partial charge in [-0.3, -0.25) is 4.99 Å². The molecular formula is C20H15Cl2NO. The minimum Gasteiger partial charge on any atom is -0.488 e. The Morgan fingerprint density at radius 2 is 1.62 bits per heavy atom. The van der Waals surface area contributed by atoms with E-state index in [1.165, 1.54) is 0 Å². The second-order valence-corrected chi connectivity index (χ2v) is 6.00. The summed E-state index contributed by atoms with van der Waals surface area (Å²) in [5.41, 5.74) is 2.69. The maximum absolute atomic E-state index is 6.19. The van der Waals surface area contributed by atoms with Gasteiger partial charge in [0.15, 0.2) is 0 Å². The first kappa shape index (κ1) is 16.6. The van der Waals surface area contributed by atoms with Gasteiger partial charge in [0.1, 0.15) is 12.4 Å². The Bertz CT molecular complexity index is 847. The summed E-state index contributed by atoms with van der Waals surface area (Å²) in [6, 6.07) is 22.9. The number of rotatable bonds is 5. The highest BCUT2D eigenvalue weighted by molar-refractivity contribution is 6.35. The van der Waals surface area contributed by atoms with Gasteiger partial charge in [0.25, 0.3) is 0 Å². The highest BCUT2D eigenvalue weighted by Crippen LogP contribution is 2.24. The standard InChI is InChI=1S/C20H15Cl2NO/c21-17-11-10-16(19(22)12-17)14-24-20-9-5-4-6-15(20)13-23-18-7-2-1-3-8-18/h1-13H,14H2. The normalized spacial score (nSPS) is 10.9. The van der Waals surface area contributed by atoms with Crippen LogP contribution in [-0.4, -0.2) is 6.21 Å². The topological polar surface area (TPSA) is 21.6 Å². The van der Waals surface area contributed by atoms with Gasteiger partial charge in [-0.15, -0.1) is 0 Å². The predicted molar refractivity (Wildman–Crippen MR) is 101 cm³/mol. The third kappa shape index (κ3) is 4.38. The van der Waals surface area contributed by atoms with Crippen molar-refractivity contribution in [3.63, 3.8) is 0 Å². The van der Waals surface area contributed by atoms with Crippen LogP contribution in [0.4, 0.5) is 5.69 Å². The molecule has 0 aromatic heterocycles. The third-order valence-electron chi connectivity index (χ3n) is 3.43. The molecule has 0 radical (unpaired) electrons. The monoisotopic (exact) mass is 355 g/mol. The smallest absolute Gasteiger partial charge is 0.128 e. The van der Waals surface area contributed by atoms with E-state index in [4.69, 9.17) is 27.9 Å². The van der Waals surface area contributed by atoms with E-state index in [-0.39, 0.29) is 0 Å². The second-order valence-electron chi connectivity index (χ2n) is 5.16. The van der Waals surface area contributed by atoms with Crippen molar-refractivity contribution in [2.45, 2.75) is 6.61 Å². The fourth-order valence-corrected chi connectivity index (χ4v) is 2.63. The SMILES string of the molecule is Clc1ccc(COc2ccccc2C=Nc2ccccc2)c(Cl)c1. The summed E-state index contributed by atoms with van der Waals surface area (Å²) in [4.78, 5) is 4.47. The maximum atomic E-state index is 6.19. The van der Waals surface area contributed by atoms with Crippen LogP contribution in [0.1, 0.15) is 11.1 Å². The maximum Gasteiger partial charge on any atom is 0.128 e. The quantitative estimate of drug-likeness (QED) is 0.490. The zero-order chi connectivity index (χ0) is 16.8. The minimum absolute atomic E-state index is 0.367. The van der Waals surface area contributed by atoms with Gasteiger partial charge < -0.3 is 4.74 Å². The Hall–Kier alpha value is -2.29. The van der Waals surface area contributed by atoms with Crippen molar-refractivity contribution in [1.29, 1.82) is 0 Å². The Balaban J connectivity index is 1.75. The lowest BCUT2D eigenvalue weighted by atomic mass is 10.2. The lowest BCUT2D eigenvalue weighted by molar-refractivity contribution is 0.306. The molecule has 0 aliphatic carbocycles. The van der Waals surface area contributed by atoms with E-state index in [0.29, 0.717) is 16.7 Å². The highest BCUT2D eigenvalue weighted by atomic mass is 35.5. The van der Waals surface area contributed by atoms with E-state index in [0.717, 1.165) is 22.6 Å². The van der Waals surface area contributed by atoms with Gasteiger partial charge in [-0.2, -0.15) is 0 Å². The summed E-state index contributed by atoms with van der Waals surface area (Å²) in [5, 5.41) is 1.21. The summed E-state index contributed by atoms with van der Waals surface area (Å²) >= 11 is 12.1. The third-order valence-corrected chi connectivity index (χ3v) is 4.01. The van der Waals surface area contributed by atoms with Gasteiger partial charge in [0.05, 0.1) is 5.69 Å². The van der Waals surface area contributed by atoms with Crippen molar-refractivity contribution < 1.29 is 4.74 Å². The van der Waals surface area contributed by atoms with Crippen LogP contribution in [0.15, 0.2) is 77.8 Å². The predicted octanol–water partition coefficient (Wildman–Crippen LogP) is 6.32. The first-order chi connectivity index (χ1) is 11.7. The highest BCUT2D eigenvalue weighted by Gasteiger charge is 2.05. The molecule has 4 heteroatoms. The van der Waals surface area contributed by atoms with Crippen molar-refractivity contribution in [3.05, 3.63) is 94.0 Å². The number of halogens is 2. The van der Waals surface area contributed by atoms with Gasteiger partial charge >= 0.3 is 0 Å². The molecule has 0 N–H and O–H groups in total. The Morgan fingerprint density at radius 3 is 2.42 bits per heavy atom. The summed E-state index contributed by atoms with van der Waals surface area (Å²) in [6.07, 6.45) is 1.80. The molecule has 0 fully saturated rings. The Morgan fingerprint density at radius 1 is 0.875 bits per heavy atom. The molecule has 0 aliphatic rings. The molecule has 0 atom stereocenters. The average Bonchev–Trinajstić information content (AvgIpc) is 2.61. The molecule has 120 valence electrons. The second kappa shape index (κ2) is 8.00. The number of benzene rings is 3. The van der Waals surface area contributed by atoms with E-state index in [1.54, 1.807) is 18.3 Å². The lowest BCUT2D eigenvalue weighted by Gasteiger charge is -2.10. The summed E-state index contributed by atoms with van der Waals surface area (Å²) in [6.45, 7) is 0.367. The summed E-state index contributed by atoms with van der Waals surface area (Å²) in [7, 11) is 0. The van der Waals surface area contributed by atoms with Crippen LogP contribution < -0.4 is 4.74 Å². The van der Waals surface area contributed by atoms with Crippen molar-refractivity contribution in [1.82, 2.24) is 0 Å². The van der Waals surface area contributed by atoms with Gasteiger partial charge in [0, 0.05) is 27.4 Å². The van der Waals surface area contributed by atoms with E-state index >= 15 is 0 Å². The molecule has 3 aromatic carbocycles. The van der Waals surface area contributed by atoms with Crippen LogP contribution >= 0.6 is 23.2 Å². The van der Waals surface area contributed by atoms with Crippen LogP contribution in [-0.2, 0) is 6.61 Å². The number of ether oxygens (including phenoxy) is 1. The van der Waals surface area contributed by atoms with E-state index in [9.17, 15) is 0 Å². The number of hydrogen-bond donors (Lipinski definition) is 0. The molecule has 0 aliphatic heterocycles. The molecule has 0 saturated carbocycles. The molecule has 0 saturated heterocycles. The molecule has 24 heavy (non-hydrogen) atoms. The van der Waals surface area contributed by atoms with Gasteiger partial charge in [-0.25, -0.2) is 0 Å². The molecule has 0 amide bonds. The Kier molecular flexibility index (Phi) is 5.52. The molecule has 0 spiro atoms. The molecule has 0 unspecified atom stereocenters. The van der Waals surface area contributed by atoms with Gasteiger partial charge in [0.2, 0.25) is 0 Å². The molecule has 2 nitrogen and oxygen atoms in total. The minimum atomic E-state index is 0.367. The number of nitrogens with zero attached hydrogens (tertiary/aromatic N) is 1. The largest absolute Gasteiger partial charge is 0.488 e. The number of aliphatic imine (C=N–C) groups is 1. The van der Waals surface area contributed by atoms with Gasteiger partial charge in [-0.05, 0) is 36.4 Å². The van der Waals surface area contributed by atoms with Crippen molar-refractivity contribution in [2.24, 2.45) is 4.99 Å². The van der Waals surface area contributed by atoms with E-state index in [2.05, 4.69) is 4.99 Å². The first-order valence-corrected chi connectivity index (χ1v) is 8.23. The zero-order valence-electron chi connectivity index (χ0n) is 12.8. The Labute approximate surface area is 151 Å². The van der Waals surface area contributed by atoms with Gasteiger partial charge in [-0.1, -0.05) is 59.6 Å². The molecule has 0 heterocycles.